The van der Waals surface area contributed by atoms with E-state index in [1.165, 1.54) is 7.11 Å². The first kappa shape index (κ1) is 12.5. The van der Waals surface area contributed by atoms with E-state index in [0.717, 1.165) is 25.7 Å². The Bertz CT molecular complexity index is 208. The van der Waals surface area contributed by atoms with Gasteiger partial charge in [-0.2, -0.15) is 0 Å². The highest BCUT2D eigenvalue weighted by molar-refractivity contribution is 5.75. The van der Waals surface area contributed by atoms with Gasteiger partial charge in [0.25, 0.3) is 0 Å². The van der Waals surface area contributed by atoms with Gasteiger partial charge in [0.2, 0.25) is 0 Å². The van der Waals surface area contributed by atoms with Crippen LogP contribution < -0.4 is 5.32 Å². The molecule has 4 heteroatoms. The van der Waals surface area contributed by atoms with Crippen molar-refractivity contribution in [2.75, 3.05) is 14.2 Å². The van der Waals surface area contributed by atoms with E-state index in [0.29, 0.717) is 12.1 Å². The average Bonchev–Trinajstić information content (AvgIpc) is 2.28. The van der Waals surface area contributed by atoms with Crippen LogP contribution in [0, 0.1) is 0 Å². The molecule has 4 nitrogen and oxygen atoms in total. The molecule has 2 unspecified atom stereocenters. The molecule has 1 fully saturated rings. The van der Waals surface area contributed by atoms with E-state index in [1.807, 2.05) is 6.92 Å². The third-order valence-electron chi connectivity index (χ3n) is 3.00. The van der Waals surface area contributed by atoms with E-state index in [-0.39, 0.29) is 12.0 Å². The number of rotatable bonds is 4. The van der Waals surface area contributed by atoms with E-state index >= 15 is 0 Å². The maximum Gasteiger partial charge on any atom is 0.322 e. The minimum atomic E-state index is -0.226. The van der Waals surface area contributed by atoms with Crippen LogP contribution in [0.4, 0.5) is 0 Å². The predicted octanol–water partition coefficient (Wildman–Crippen LogP) is 1.10. The molecule has 0 aromatic carbocycles. The third kappa shape index (κ3) is 3.80. The molecule has 1 aliphatic rings. The maximum absolute atomic E-state index is 11.2. The molecular weight excluding hydrogens is 194 g/mol. The summed E-state index contributed by atoms with van der Waals surface area (Å²) < 4.78 is 10.0. The summed E-state index contributed by atoms with van der Waals surface area (Å²) in [6.45, 7) is 1.84. The fraction of sp³-hybridized carbons (Fsp3) is 0.909. The van der Waals surface area contributed by atoms with Crippen LogP contribution in [0.2, 0.25) is 0 Å². The van der Waals surface area contributed by atoms with Crippen molar-refractivity contribution in [3.8, 4) is 0 Å². The lowest BCUT2D eigenvalue weighted by atomic mass is 9.92. The second kappa shape index (κ2) is 6.08. The Morgan fingerprint density at radius 2 is 2.13 bits per heavy atom. The van der Waals surface area contributed by atoms with Gasteiger partial charge in [0, 0.05) is 13.2 Å². The van der Waals surface area contributed by atoms with Crippen molar-refractivity contribution in [2.45, 2.75) is 50.8 Å². The molecule has 1 saturated carbocycles. The lowest BCUT2D eigenvalue weighted by Crippen LogP contribution is -2.45. The first-order valence-corrected chi connectivity index (χ1v) is 5.54. The van der Waals surface area contributed by atoms with Crippen molar-refractivity contribution >= 4 is 5.97 Å². The second-order valence-electron chi connectivity index (χ2n) is 4.13. The van der Waals surface area contributed by atoms with E-state index in [2.05, 4.69) is 10.1 Å². The number of hydrogen-bond acceptors (Lipinski definition) is 4. The molecule has 1 N–H and O–H groups in total. The van der Waals surface area contributed by atoms with Crippen molar-refractivity contribution in [1.82, 2.24) is 5.32 Å². The van der Waals surface area contributed by atoms with Crippen LogP contribution in [0.5, 0.6) is 0 Å². The van der Waals surface area contributed by atoms with E-state index in [1.54, 1.807) is 7.11 Å². The second-order valence-corrected chi connectivity index (χ2v) is 4.13. The Balaban J connectivity index is 2.34. The zero-order valence-corrected chi connectivity index (χ0v) is 9.79. The lowest BCUT2D eigenvalue weighted by Gasteiger charge is -2.30. The minimum absolute atomic E-state index is 0.199. The summed E-state index contributed by atoms with van der Waals surface area (Å²) in [5.41, 5.74) is 0. The van der Waals surface area contributed by atoms with Gasteiger partial charge < -0.3 is 14.8 Å². The zero-order valence-electron chi connectivity index (χ0n) is 9.79. The molecule has 0 amide bonds. The fourth-order valence-electron chi connectivity index (χ4n) is 2.11. The SMILES string of the molecule is COC(=O)[C@H](C)NC1CCCC(OC)C1. The standard InChI is InChI=1S/C11H21NO3/c1-8(11(13)15-3)12-9-5-4-6-10(7-9)14-2/h8-10,12H,4-7H2,1-3H3/t8-,9?,10?/m0/s1. The van der Waals surface area contributed by atoms with Crippen LogP contribution >= 0.6 is 0 Å². The van der Waals surface area contributed by atoms with E-state index < -0.39 is 0 Å². The quantitative estimate of drug-likeness (QED) is 0.713. The first-order valence-electron chi connectivity index (χ1n) is 5.54. The predicted molar refractivity (Wildman–Crippen MR) is 57.7 cm³/mol. The van der Waals surface area contributed by atoms with Crippen molar-refractivity contribution in [1.29, 1.82) is 0 Å². The highest BCUT2D eigenvalue weighted by Gasteiger charge is 2.24. The summed E-state index contributed by atoms with van der Waals surface area (Å²) in [7, 11) is 3.16. The van der Waals surface area contributed by atoms with E-state index in [9.17, 15) is 4.79 Å². The molecule has 1 rings (SSSR count). The molecule has 0 bridgehead atoms. The summed E-state index contributed by atoms with van der Waals surface area (Å²) >= 11 is 0. The Kier molecular flexibility index (Phi) is 5.05. The number of carbonyl (C=O) groups excluding carboxylic acids is 1. The lowest BCUT2D eigenvalue weighted by molar-refractivity contribution is -0.143. The molecule has 3 atom stereocenters. The fourth-order valence-corrected chi connectivity index (χ4v) is 2.11. The van der Waals surface area contributed by atoms with Crippen LogP contribution in [-0.2, 0) is 14.3 Å². The molecule has 0 spiro atoms. The van der Waals surface area contributed by atoms with Gasteiger partial charge in [-0.1, -0.05) is 0 Å². The van der Waals surface area contributed by atoms with Crippen molar-refractivity contribution in [2.24, 2.45) is 0 Å². The number of nitrogens with one attached hydrogen (secondary N) is 1. The van der Waals surface area contributed by atoms with Crippen LogP contribution in [0.1, 0.15) is 32.6 Å². The maximum atomic E-state index is 11.2. The molecule has 15 heavy (non-hydrogen) atoms. The monoisotopic (exact) mass is 215 g/mol. The van der Waals surface area contributed by atoms with Gasteiger partial charge in [-0.3, -0.25) is 4.79 Å². The summed E-state index contributed by atoms with van der Waals surface area (Å²) in [5, 5.41) is 3.28. The molecule has 0 saturated heterocycles. The Hall–Kier alpha value is -0.610. The van der Waals surface area contributed by atoms with Gasteiger partial charge in [0.1, 0.15) is 6.04 Å². The molecule has 88 valence electrons. The number of methoxy groups -OCH3 is 2. The average molecular weight is 215 g/mol. The summed E-state index contributed by atoms with van der Waals surface area (Å²) in [6, 6.07) is 0.147. The molecule has 1 aliphatic carbocycles. The summed E-state index contributed by atoms with van der Waals surface area (Å²) in [6.07, 6.45) is 4.71. The Morgan fingerprint density at radius 3 is 2.73 bits per heavy atom. The smallest absolute Gasteiger partial charge is 0.322 e. The molecule has 0 aliphatic heterocycles. The first-order chi connectivity index (χ1) is 7.17. The van der Waals surface area contributed by atoms with Gasteiger partial charge >= 0.3 is 5.97 Å². The van der Waals surface area contributed by atoms with Gasteiger partial charge in [-0.15, -0.1) is 0 Å². The highest BCUT2D eigenvalue weighted by Crippen LogP contribution is 2.20. The third-order valence-corrected chi connectivity index (χ3v) is 3.00. The number of hydrogen-bond donors (Lipinski definition) is 1. The molecule has 0 aromatic rings. The number of esters is 1. The van der Waals surface area contributed by atoms with E-state index in [4.69, 9.17) is 4.74 Å². The largest absolute Gasteiger partial charge is 0.468 e. The number of ether oxygens (including phenoxy) is 2. The van der Waals surface area contributed by atoms with Gasteiger partial charge in [-0.25, -0.2) is 0 Å². The summed E-state index contributed by atoms with van der Waals surface area (Å²) in [5.74, 6) is -0.199. The van der Waals surface area contributed by atoms with Crippen molar-refractivity contribution in [3.63, 3.8) is 0 Å². The molecule has 0 heterocycles. The van der Waals surface area contributed by atoms with Gasteiger partial charge in [-0.05, 0) is 32.6 Å². The topological polar surface area (TPSA) is 47.6 Å². The van der Waals surface area contributed by atoms with Gasteiger partial charge in [0.15, 0.2) is 0 Å². The highest BCUT2D eigenvalue weighted by atomic mass is 16.5. The van der Waals surface area contributed by atoms with Crippen LogP contribution in [0.15, 0.2) is 0 Å². The number of carbonyl (C=O) groups is 1. The zero-order chi connectivity index (χ0) is 11.3. The Morgan fingerprint density at radius 1 is 1.40 bits per heavy atom. The van der Waals surface area contributed by atoms with Crippen LogP contribution in [0.3, 0.4) is 0 Å². The molecular formula is C11H21NO3. The van der Waals surface area contributed by atoms with Gasteiger partial charge in [0.05, 0.1) is 13.2 Å². The van der Waals surface area contributed by atoms with Crippen molar-refractivity contribution in [3.05, 3.63) is 0 Å². The van der Waals surface area contributed by atoms with Crippen molar-refractivity contribution < 1.29 is 14.3 Å². The molecule has 0 aromatic heterocycles. The van der Waals surface area contributed by atoms with Crippen LogP contribution in [-0.4, -0.2) is 38.4 Å². The Labute approximate surface area is 91.3 Å². The molecule has 0 radical (unpaired) electrons. The summed E-state index contributed by atoms with van der Waals surface area (Å²) in [4.78, 5) is 11.2. The normalized spacial score (nSPS) is 28.5. The minimum Gasteiger partial charge on any atom is -0.468 e. The van der Waals surface area contributed by atoms with Crippen LogP contribution in [0.25, 0.3) is 0 Å².